The first-order valence-electron chi connectivity index (χ1n) is 6.15. The zero-order valence-corrected chi connectivity index (χ0v) is 11.7. The van der Waals surface area contributed by atoms with Crippen molar-refractivity contribution in [2.45, 2.75) is 19.5 Å². The fraction of sp³-hybridized carbons (Fsp3) is 0.267. The number of esters is 1. The summed E-state index contributed by atoms with van der Waals surface area (Å²) in [7, 11) is 1.42. The molecule has 2 aromatic rings. The quantitative estimate of drug-likeness (QED) is 0.824. The van der Waals surface area contributed by atoms with Gasteiger partial charge in [0.25, 0.3) is 0 Å². The minimum atomic E-state index is -0.203. The molecule has 1 heterocycles. The van der Waals surface area contributed by atoms with Crippen LogP contribution in [0.5, 0.6) is 0 Å². The maximum Gasteiger partial charge on any atom is 0.309 e. The lowest BCUT2D eigenvalue weighted by Crippen LogP contribution is -2.15. The van der Waals surface area contributed by atoms with E-state index in [0.717, 1.165) is 24.2 Å². The number of carbonyl (C=O) groups is 1. The summed E-state index contributed by atoms with van der Waals surface area (Å²) < 4.78 is 4.71. The average molecular weight is 275 g/mol. The van der Waals surface area contributed by atoms with E-state index < -0.39 is 0 Å². The number of benzene rings is 1. The molecule has 0 radical (unpaired) electrons. The molecule has 0 fully saturated rings. The predicted molar refractivity (Wildman–Crippen MR) is 77.0 cm³/mol. The summed E-state index contributed by atoms with van der Waals surface area (Å²) >= 11 is 1.70. The molecule has 1 N–H and O–H groups in total. The van der Waals surface area contributed by atoms with Crippen LogP contribution in [0.3, 0.4) is 0 Å². The van der Waals surface area contributed by atoms with Crippen molar-refractivity contribution in [1.29, 1.82) is 0 Å². The van der Waals surface area contributed by atoms with Gasteiger partial charge in [0.1, 0.15) is 0 Å². The van der Waals surface area contributed by atoms with Gasteiger partial charge < -0.3 is 10.1 Å². The highest BCUT2D eigenvalue weighted by molar-refractivity contribution is 7.07. The van der Waals surface area contributed by atoms with Crippen LogP contribution in [-0.4, -0.2) is 13.1 Å². The molecule has 0 saturated heterocycles. The maximum absolute atomic E-state index is 11.4. The highest BCUT2D eigenvalue weighted by Crippen LogP contribution is 2.11. The number of rotatable bonds is 6. The summed E-state index contributed by atoms with van der Waals surface area (Å²) in [5, 5.41) is 7.59. The van der Waals surface area contributed by atoms with E-state index in [1.54, 1.807) is 11.3 Å². The van der Waals surface area contributed by atoms with Crippen LogP contribution in [0, 0.1) is 0 Å². The van der Waals surface area contributed by atoms with Crippen molar-refractivity contribution >= 4 is 17.3 Å². The van der Waals surface area contributed by atoms with Crippen LogP contribution in [0.15, 0.2) is 41.1 Å². The second-order valence-corrected chi connectivity index (χ2v) is 5.04. The van der Waals surface area contributed by atoms with Gasteiger partial charge in [-0.15, -0.1) is 0 Å². The second kappa shape index (κ2) is 7.07. The third-order valence-electron chi connectivity index (χ3n) is 2.91. The molecule has 2 rings (SSSR count). The van der Waals surface area contributed by atoms with Crippen LogP contribution in [0.1, 0.15) is 16.7 Å². The Morgan fingerprint density at radius 2 is 2.00 bits per heavy atom. The van der Waals surface area contributed by atoms with Gasteiger partial charge in [-0.2, -0.15) is 11.3 Å². The highest BCUT2D eigenvalue weighted by atomic mass is 32.1. The predicted octanol–water partition coefficient (Wildman–Crippen LogP) is 2.75. The van der Waals surface area contributed by atoms with Gasteiger partial charge in [0.2, 0.25) is 0 Å². The van der Waals surface area contributed by atoms with E-state index in [9.17, 15) is 4.79 Å². The molecule has 100 valence electrons. The number of nitrogens with one attached hydrogen (secondary N) is 1. The van der Waals surface area contributed by atoms with Gasteiger partial charge in [-0.05, 0) is 33.5 Å². The van der Waals surface area contributed by atoms with Gasteiger partial charge in [-0.25, -0.2) is 0 Å². The summed E-state index contributed by atoms with van der Waals surface area (Å²) in [6.45, 7) is 1.60. The highest BCUT2D eigenvalue weighted by Gasteiger charge is 2.07. The van der Waals surface area contributed by atoms with Gasteiger partial charge in [0.15, 0.2) is 0 Å². The first-order valence-corrected chi connectivity index (χ1v) is 7.09. The standard InChI is InChI=1S/C15H17NO2S/c1-18-15(17)8-13-4-2-3-5-14(13)10-16-9-12-6-7-19-11-12/h2-7,11,16H,8-10H2,1H3. The van der Waals surface area contributed by atoms with Crippen molar-refractivity contribution in [3.63, 3.8) is 0 Å². The Morgan fingerprint density at radius 1 is 1.21 bits per heavy atom. The molecule has 0 unspecified atom stereocenters. The number of hydrogen-bond donors (Lipinski definition) is 1. The summed E-state index contributed by atoms with van der Waals surface area (Å²) in [5.74, 6) is -0.203. The largest absolute Gasteiger partial charge is 0.469 e. The van der Waals surface area contributed by atoms with E-state index in [4.69, 9.17) is 4.74 Å². The molecule has 0 spiro atoms. The molecule has 3 nitrogen and oxygen atoms in total. The smallest absolute Gasteiger partial charge is 0.309 e. The van der Waals surface area contributed by atoms with Gasteiger partial charge in [0, 0.05) is 13.1 Å². The first kappa shape index (κ1) is 13.8. The lowest BCUT2D eigenvalue weighted by molar-refractivity contribution is -0.139. The topological polar surface area (TPSA) is 38.3 Å². The van der Waals surface area contributed by atoms with Crippen molar-refractivity contribution < 1.29 is 9.53 Å². The SMILES string of the molecule is COC(=O)Cc1ccccc1CNCc1ccsc1. The summed E-state index contributed by atoms with van der Waals surface area (Å²) in [6.07, 6.45) is 0.326. The Balaban J connectivity index is 1.93. The van der Waals surface area contributed by atoms with Crippen LogP contribution in [0.4, 0.5) is 0 Å². The molecule has 0 atom stereocenters. The molecule has 0 bridgehead atoms. The number of thiophene rings is 1. The van der Waals surface area contributed by atoms with Gasteiger partial charge in [0.05, 0.1) is 13.5 Å². The van der Waals surface area contributed by atoms with Gasteiger partial charge in [-0.1, -0.05) is 24.3 Å². The van der Waals surface area contributed by atoms with Crippen molar-refractivity contribution in [1.82, 2.24) is 5.32 Å². The molecular formula is C15H17NO2S. The molecule has 19 heavy (non-hydrogen) atoms. The normalized spacial score (nSPS) is 10.4. The Morgan fingerprint density at radius 3 is 2.68 bits per heavy atom. The van der Waals surface area contributed by atoms with Crippen LogP contribution < -0.4 is 5.32 Å². The lowest BCUT2D eigenvalue weighted by atomic mass is 10.0. The van der Waals surface area contributed by atoms with E-state index in [1.807, 2.05) is 24.3 Å². The molecule has 0 saturated carbocycles. The van der Waals surface area contributed by atoms with Crippen LogP contribution in [0.25, 0.3) is 0 Å². The van der Waals surface area contributed by atoms with Crippen LogP contribution in [-0.2, 0) is 29.0 Å². The van der Waals surface area contributed by atoms with E-state index in [2.05, 4.69) is 22.1 Å². The van der Waals surface area contributed by atoms with E-state index in [-0.39, 0.29) is 5.97 Å². The van der Waals surface area contributed by atoms with Crippen LogP contribution in [0.2, 0.25) is 0 Å². The van der Waals surface area contributed by atoms with E-state index >= 15 is 0 Å². The van der Waals surface area contributed by atoms with Crippen molar-refractivity contribution in [2.24, 2.45) is 0 Å². The second-order valence-electron chi connectivity index (χ2n) is 4.26. The van der Waals surface area contributed by atoms with Crippen molar-refractivity contribution in [2.75, 3.05) is 7.11 Å². The first-order chi connectivity index (χ1) is 9.29. The van der Waals surface area contributed by atoms with Crippen molar-refractivity contribution in [3.05, 3.63) is 57.8 Å². The fourth-order valence-corrected chi connectivity index (χ4v) is 2.53. The molecular weight excluding hydrogens is 258 g/mol. The Kier molecular flexibility index (Phi) is 5.12. The molecule has 4 heteroatoms. The molecule has 0 aliphatic heterocycles. The Hall–Kier alpha value is -1.65. The number of carbonyl (C=O) groups excluding carboxylic acids is 1. The lowest BCUT2D eigenvalue weighted by Gasteiger charge is -2.09. The summed E-state index contributed by atoms with van der Waals surface area (Å²) in [4.78, 5) is 11.4. The number of ether oxygens (including phenoxy) is 1. The molecule has 0 aliphatic rings. The summed E-state index contributed by atoms with van der Waals surface area (Å²) in [6, 6.07) is 10.1. The molecule has 1 aromatic carbocycles. The van der Waals surface area contributed by atoms with E-state index in [0.29, 0.717) is 6.42 Å². The van der Waals surface area contributed by atoms with E-state index in [1.165, 1.54) is 12.7 Å². The molecule has 0 aliphatic carbocycles. The molecule has 0 amide bonds. The fourth-order valence-electron chi connectivity index (χ4n) is 1.86. The Labute approximate surface area is 117 Å². The molecule has 1 aromatic heterocycles. The van der Waals surface area contributed by atoms with Crippen LogP contribution >= 0.6 is 11.3 Å². The Bertz CT molecular complexity index is 523. The number of methoxy groups -OCH3 is 1. The van der Waals surface area contributed by atoms with Crippen molar-refractivity contribution in [3.8, 4) is 0 Å². The van der Waals surface area contributed by atoms with Gasteiger partial charge >= 0.3 is 5.97 Å². The monoisotopic (exact) mass is 275 g/mol. The van der Waals surface area contributed by atoms with Gasteiger partial charge in [-0.3, -0.25) is 4.79 Å². The maximum atomic E-state index is 11.4. The minimum absolute atomic E-state index is 0.203. The number of hydrogen-bond acceptors (Lipinski definition) is 4. The zero-order chi connectivity index (χ0) is 13.5. The average Bonchev–Trinajstić information content (AvgIpc) is 2.94. The minimum Gasteiger partial charge on any atom is -0.469 e. The third kappa shape index (κ3) is 4.19. The zero-order valence-electron chi connectivity index (χ0n) is 10.9. The summed E-state index contributed by atoms with van der Waals surface area (Å²) in [5.41, 5.74) is 3.45. The third-order valence-corrected chi connectivity index (χ3v) is 3.64.